The van der Waals surface area contributed by atoms with E-state index in [-0.39, 0.29) is 0 Å². The van der Waals surface area contributed by atoms with Crippen molar-refractivity contribution < 1.29 is 0 Å². The predicted molar refractivity (Wildman–Crippen MR) is 72.3 cm³/mol. The molecule has 2 rings (SSSR count). The van der Waals surface area contributed by atoms with Crippen molar-refractivity contribution in [2.45, 2.75) is 11.3 Å². The van der Waals surface area contributed by atoms with Crippen LogP contribution in [-0.4, -0.2) is 5.75 Å². The number of aryl methyl sites for hydroxylation is 1. The largest absolute Gasteiger partial charge is 0.126 e. The van der Waals surface area contributed by atoms with E-state index in [1.165, 1.54) is 10.5 Å². The number of thioether (sulfide) groups is 1. The lowest BCUT2D eigenvalue weighted by molar-refractivity contribution is 1.15. The molecular formula is C14H13ClS. The van der Waals surface area contributed by atoms with E-state index < -0.39 is 0 Å². The van der Waals surface area contributed by atoms with E-state index in [0.717, 1.165) is 17.2 Å². The van der Waals surface area contributed by atoms with Crippen molar-refractivity contribution in [1.82, 2.24) is 0 Å². The molecule has 0 bridgehead atoms. The maximum absolute atomic E-state index is 5.93. The summed E-state index contributed by atoms with van der Waals surface area (Å²) in [5.74, 6) is 1.09. The van der Waals surface area contributed by atoms with E-state index in [0.29, 0.717) is 0 Å². The highest BCUT2D eigenvalue weighted by Crippen LogP contribution is 2.22. The van der Waals surface area contributed by atoms with Crippen molar-refractivity contribution in [3.8, 4) is 0 Å². The Balaban J connectivity index is 1.85. The van der Waals surface area contributed by atoms with Crippen LogP contribution in [0, 0.1) is 0 Å². The second-order valence-corrected chi connectivity index (χ2v) is 5.15. The van der Waals surface area contributed by atoms with Gasteiger partial charge in [0.15, 0.2) is 0 Å². The first kappa shape index (κ1) is 11.6. The molecule has 0 aliphatic carbocycles. The van der Waals surface area contributed by atoms with Crippen LogP contribution in [0.1, 0.15) is 5.56 Å². The number of benzene rings is 2. The van der Waals surface area contributed by atoms with Gasteiger partial charge < -0.3 is 0 Å². The molecule has 16 heavy (non-hydrogen) atoms. The molecule has 0 aromatic heterocycles. The summed E-state index contributed by atoms with van der Waals surface area (Å²) in [7, 11) is 0. The van der Waals surface area contributed by atoms with Crippen molar-refractivity contribution in [2.75, 3.05) is 5.75 Å². The van der Waals surface area contributed by atoms with Crippen LogP contribution in [0.15, 0.2) is 59.5 Å². The van der Waals surface area contributed by atoms with Gasteiger partial charge in [-0.3, -0.25) is 0 Å². The molecule has 2 heteroatoms. The van der Waals surface area contributed by atoms with Gasteiger partial charge in [0, 0.05) is 15.7 Å². The Labute approximate surface area is 106 Å². The normalized spacial score (nSPS) is 10.3. The minimum atomic E-state index is 0.810. The molecule has 0 saturated heterocycles. The number of hydrogen-bond acceptors (Lipinski definition) is 1. The molecule has 2 aromatic carbocycles. The zero-order valence-corrected chi connectivity index (χ0v) is 10.5. The van der Waals surface area contributed by atoms with Gasteiger partial charge in [-0.1, -0.05) is 48.0 Å². The molecule has 0 nitrogen and oxygen atoms in total. The van der Waals surface area contributed by atoms with Crippen molar-refractivity contribution in [1.29, 1.82) is 0 Å². The summed E-state index contributed by atoms with van der Waals surface area (Å²) in [6, 6.07) is 18.6. The Morgan fingerprint density at radius 1 is 0.938 bits per heavy atom. The maximum atomic E-state index is 5.93. The van der Waals surface area contributed by atoms with E-state index in [9.17, 15) is 0 Å². The molecular weight excluding hydrogens is 236 g/mol. The first-order valence-electron chi connectivity index (χ1n) is 5.27. The third-order valence-corrected chi connectivity index (χ3v) is 3.53. The summed E-state index contributed by atoms with van der Waals surface area (Å²) >= 11 is 7.77. The van der Waals surface area contributed by atoms with Crippen molar-refractivity contribution in [3.05, 3.63) is 65.2 Å². The second-order valence-electron chi connectivity index (χ2n) is 3.54. The molecule has 0 N–H and O–H groups in total. The van der Waals surface area contributed by atoms with E-state index in [1.54, 1.807) is 0 Å². The molecule has 0 spiro atoms. The third kappa shape index (κ3) is 3.58. The minimum absolute atomic E-state index is 0.810. The summed E-state index contributed by atoms with van der Waals surface area (Å²) in [4.78, 5) is 1.24. The third-order valence-electron chi connectivity index (χ3n) is 2.30. The molecule has 2 aromatic rings. The summed E-state index contributed by atoms with van der Waals surface area (Å²) in [6.07, 6.45) is 1.10. The highest BCUT2D eigenvalue weighted by molar-refractivity contribution is 7.99. The Hall–Kier alpha value is -0.920. The quantitative estimate of drug-likeness (QED) is 0.709. The first-order valence-corrected chi connectivity index (χ1v) is 6.63. The van der Waals surface area contributed by atoms with Gasteiger partial charge in [-0.05, 0) is 30.2 Å². The molecule has 0 fully saturated rings. The summed E-state index contributed by atoms with van der Waals surface area (Å²) in [6.45, 7) is 0. The molecule has 0 heterocycles. The number of hydrogen-bond donors (Lipinski definition) is 0. The lowest BCUT2D eigenvalue weighted by Crippen LogP contribution is -1.87. The fourth-order valence-electron chi connectivity index (χ4n) is 1.49. The molecule has 0 atom stereocenters. The number of rotatable bonds is 4. The van der Waals surface area contributed by atoms with Crippen molar-refractivity contribution in [3.63, 3.8) is 0 Å². The van der Waals surface area contributed by atoms with Gasteiger partial charge in [0.2, 0.25) is 0 Å². The zero-order chi connectivity index (χ0) is 11.2. The maximum Gasteiger partial charge on any atom is 0.0417 e. The van der Waals surface area contributed by atoms with Crippen LogP contribution in [-0.2, 0) is 6.42 Å². The lowest BCUT2D eigenvalue weighted by Gasteiger charge is -2.02. The van der Waals surface area contributed by atoms with Gasteiger partial charge in [-0.2, -0.15) is 0 Å². The highest BCUT2D eigenvalue weighted by Gasteiger charge is 1.96. The SMILES string of the molecule is Clc1cccc(SCCc2ccccc2)c1. The molecule has 0 aliphatic rings. The van der Waals surface area contributed by atoms with Crippen LogP contribution < -0.4 is 0 Å². The Bertz CT molecular complexity index is 439. The van der Waals surface area contributed by atoms with Crippen LogP contribution in [0.25, 0.3) is 0 Å². The topological polar surface area (TPSA) is 0 Å². The molecule has 0 amide bonds. The van der Waals surface area contributed by atoms with Gasteiger partial charge in [-0.25, -0.2) is 0 Å². The van der Waals surface area contributed by atoms with Crippen LogP contribution in [0.4, 0.5) is 0 Å². The van der Waals surface area contributed by atoms with Crippen LogP contribution in [0.2, 0.25) is 5.02 Å². The lowest BCUT2D eigenvalue weighted by atomic mass is 10.2. The standard InChI is InChI=1S/C14H13ClS/c15-13-7-4-8-14(11-13)16-10-9-12-5-2-1-3-6-12/h1-8,11H,9-10H2. The van der Waals surface area contributed by atoms with Gasteiger partial charge in [-0.15, -0.1) is 11.8 Å². The average molecular weight is 249 g/mol. The average Bonchev–Trinajstić information content (AvgIpc) is 2.30. The number of halogens is 1. The molecule has 0 aliphatic heterocycles. The highest BCUT2D eigenvalue weighted by atomic mass is 35.5. The van der Waals surface area contributed by atoms with Crippen molar-refractivity contribution in [2.24, 2.45) is 0 Å². The summed E-state index contributed by atoms with van der Waals surface area (Å²) in [5.41, 5.74) is 1.39. The summed E-state index contributed by atoms with van der Waals surface area (Å²) < 4.78 is 0. The monoisotopic (exact) mass is 248 g/mol. The van der Waals surface area contributed by atoms with Gasteiger partial charge in [0.25, 0.3) is 0 Å². The zero-order valence-electron chi connectivity index (χ0n) is 8.90. The molecule has 0 saturated carbocycles. The Morgan fingerprint density at radius 3 is 2.50 bits per heavy atom. The molecule has 0 radical (unpaired) electrons. The van der Waals surface area contributed by atoms with Gasteiger partial charge in [0.1, 0.15) is 0 Å². The van der Waals surface area contributed by atoms with Crippen molar-refractivity contribution >= 4 is 23.4 Å². The van der Waals surface area contributed by atoms with E-state index in [4.69, 9.17) is 11.6 Å². The van der Waals surface area contributed by atoms with E-state index in [2.05, 4.69) is 30.3 Å². The summed E-state index contributed by atoms with van der Waals surface area (Å²) in [5, 5.41) is 0.810. The minimum Gasteiger partial charge on any atom is -0.126 e. The Morgan fingerprint density at radius 2 is 1.75 bits per heavy atom. The first-order chi connectivity index (χ1) is 7.84. The Kier molecular flexibility index (Phi) is 4.32. The smallest absolute Gasteiger partial charge is 0.0417 e. The molecule has 82 valence electrons. The van der Waals surface area contributed by atoms with Crippen LogP contribution in [0.5, 0.6) is 0 Å². The van der Waals surface area contributed by atoms with Gasteiger partial charge in [0.05, 0.1) is 0 Å². The fourth-order valence-corrected chi connectivity index (χ4v) is 2.70. The predicted octanol–water partition coefficient (Wildman–Crippen LogP) is 4.67. The van der Waals surface area contributed by atoms with Crippen LogP contribution in [0.3, 0.4) is 0 Å². The fraction of sp³-hybridized carbons (Fsp3) is 0.143. The molecule has 0 unspecified atom stereocenters. The van der Waals surface area contributed by atoms with Crippen LogP contribution >= 0.6 is 23.4 Å². The van der Waals surface area contributed by atoms with E-state index >= 15 is 0 Å². The second kappa shape index (κ2) is 5.97. The van der Waals surface area contributed by atoms with Gasteiger partial charge >= 0.3 is 0 Å². The van der Waals surface area contributed by atoms with E-state index in [1.807, 2.05) is 36.0 Å².